The van der Waals surface area contributed by atoms with Gasteiger partial charge in [0.15, 0.2) is 0 Å². The lowest BCUT2D eigenvalue weighted by Crippen LogP contribution is -1.78. The van der Waals surface area contributed by atoms with E-state index in [0.29, 0.717) is 0 Å². The van der Waals surface area contributed by atoms with Crippen LogP contribution >= 0.6 is 0 Å². The zero-order valence-electron chi connectivity index (χ0n) is 8.91. The maximum absolute atomic E-state index is 4.00. The molecule has 1 aromatic rings. The summed E-state index contributed by atoms with van der Waals surface area (Å²) >= 11 is 0. The third kappa shape index (κ3) is 3.83. The van der Waals surface area contributed by atoms with Crippen LogP contribution in [-0.4, -0.2) is 7.05 Å². The van der Waals surface area contributed by atoms with Crippen LogP contribution in [0.3, 0.4) is 0 Å². The van der Waals surface area contributed by atoms with E-state index in [9.17, 15) is 0 Å². The molecular formula is C11H18N2. The van der Waals surface area contributed by atoms with Gasteiger partial charge in [-0.25, -0.2) is 0 Å². The molecule has 0 aliphatic carbocycles. The predicted molar refractivity (Wildman–Crippen MR) is 57.6 cm³/mol. The van der Waals surface area contributed by atoms with Gasteiger partial charge >= 0.3 is 0 Å². The molecule has 0 aliphatic rings. The fraction of sp³-hybridized carbons (Fsp3) is 0.455. The summed E-state index contributed by atoms with van der Waals surface area (Å²) in [6, 6.07) is 8.05. The molecular weight excluding hydrogens is 160 g/mol. The second-order valence-corrected chi connectivity index (χ2v) is 2.28. The lowest BCUT2D eigenvalue weighted by molar-refractivity contribution is 1.09. The molecule has 13 heavy (non-hydrogen) atoms. The Kier molecular flexibility index (Phi) is 6.79. The molecule has 0 spiro atoms. The maximum atomic E-state index is 4.00. The third-order valence-corrected chi connectivity index (χ3v) is 1.58. The summed E-state index contributed by atoms with van der Waals surface area (Å²) in [6.07, 6.45) is 1.01. The first-order chi connectivity index (χ1) is 6.38. The fourth-order valence-corrected chi connectivity index (χ4v) is 1.02. The minimum absolute atomic E-state index is 0.984. The highest BCUT2D eigenvalue weighted by molar-refractivity contribution is 5.44. The monoisotopic (exact) mass is 178 g/mol. The molecule has 0 N–H and O–H groups in total. The molecule has 0 heterocycles. The van der Waals surface area contributed by atoms with Gasteiger partial charge in [-0.15, -0.1) is 0 Å². The maximum Gasteiger partial charge on any atom is 0.0884 e. The van der Waals surface area contributed by atoms with Crippen molar-refractivity contribution in [1.29, 1.82) is 0 Å². The Balaban J connectivity index is 0.000000671. The molecule has 0 atom stereocenters. The molecule has 0 bridgehead atoms. The molecule has 0 radical (unpaired) electrons. The summed E-state index contributed by atoms with van der Waals surface area (Å²) in [5.74, 6) is 0. The molecule has 0 aliphatic heterocycles. The molecule has 0 saturated carbocycles. The van der Waals surface area contributed by atoms with Gasteiger partial charge in [-0.05, 0) is 18.1 Å². The standard InChI is InChI=1S/C9H12N2.C2H6/c1-3-8-6-4-5-7-9(8)11-10-2;1-2/h4-7H,3H2,1-2H3;1-2H3. The van der Waals surface area contributed by atoms with Crippen LogP contribution in [0, 0.1) is 0 Å². The molecule has 2 heteroatoms. The third-order valence-electron chi connectivity index (χ3n) is 1.58. The summed E-state index contributed by atoms with van der Waals surface area (Å²) in [5, 5.41) is 7.74. The van der Waals surface area contributed by atoms with E-state index in [4.69, 9.17) is 0 Å². The number of aryl methyl sites for hydroxylation is 1. The minimum Gasteiger partial charge on any atom is -0.192 e. The zero-order chi connectivity index (χ0) is 10.1. The van der Waals surface area contributed by atoms with Gasteiger partial charge in [0.05, 0.1) is 5.69 Å². The number of azo groups is 1. The average Bonchev–Trinajstić information content (AvgIpc) is 2.22. The van der Waals surface area contributed by atoms with Gasteiger partial charge in [0.1, 0.15) is 0 Å². The summed E-state index contributed by atoms with van der Waals surface area (Å²) in [6.45, 7) is 6.12. The van der Waals surface area contributed by atoms with Gasteiger partial charge < -0.3 is 0 Å². The van der Waals surface area contributed by atoms with Crippen molar-refractivity contribution in [3.63, 3.8) is 0 Å². The number of benzene rings is 1. The number of rotatable bonds is 2. The molecule has 0 aromatic heterocycles. The Labute approximate surface area is 80.7 Å². The van der Waals surface area contributed by atoms with Crippen molar-refractivity contribution in [3.05, 3.63) is 29.8 Å². The summed E-state index contributed by atoms with van der Waals surface area (Å²) in [5.41, 5.74) is 2.23. The Morgan fingerprint density at radius 2 is 1.77 bits per heavy atom. The molecule has 0 amide bonds. The Hall–Kier alpha value is -1.18. The number of nitrogens with zero attached hydrogens (tertiary/aromatic N) is 2. The van der Waals surface area contributed by atoms with Crippen molar-refractivity contribution in [1.82, 2.24) is 0 Å². The van der Waals surface area contributed by atoms with Gasteiger partial charge in [0.2, 0.25) is 0 Å². The quantitative estimate of drug-likeness (QED) is 0.612. The normalized spacial score (nSPS) is 9.54. The summed E-state index contributed by atoms with van der Waals surface area (Å²) in [4.78, 5) is 0. The number of hydrogen-bond donors (Lipinski definition) is 0. The van der Waals surface area contributed by atoms with Crippen LogP contribution in [0.1, 0.15) is 26.3 Å². The first kappa shape index (κ1) is 11.8. The molecule has 72 valence electrons. The first-order valence-electron chi connectivity index (χ1n) is 4.76. The highest BCUT2D eigenvalue weighted by Gasteiger charge is 1.95. The van der Waals surface area contributed by atoms with E-state index in [1.165, 1.54) is 5.56 Å². The molecule has 1 rings (SSSR count). The summed E-state index contributed by atoms with van der Waals surface area (Å²) in [7, 11) is 1.69. The largest absolute Gasteiger partial charge is 0.192 e. The second-order valence-electron chi connectivity index (χ2n) is 2.28. The lowest BCUT2D eigenvalue weighted by atomic mass is 10.1. The van der Waals surface area contributed by atoms with Crippen molar-refractivity contribution in [2.45, 2.75) is 27.2 Å². The predicted octanol–water partition coefficient (Wildman–Crippen LogP) is 3.99. The number of hydrogen-bond acceptors (Lipinski definition) is 2. The highest BCUT2D eigenvalue weighted by Crippen LogP contribution is 2.18. The van der Waals surface area contributed by atoms with E-state index in [2.05, 4.69) is 23.2 Å². The van der Waals surface area contributed by atoms with E-state index in [1.54, 1.807) is 7.05 Å². The van der Waals surface area contributed by atoms with E-state index in [0.717, 1.165) is 12.1 Å². The lowest BCUT2D eigenvalue weighted by Gasteiger charge is -1.98. The van der Waals surface area contributed by atoms with Gasteiger partial charge in [-0.1, -0.05) is 39.0 Å². The zero-order valence-corrected chi connectivity index (χ0v) is 8.91. The summed E-state index contributed by atoms with van der Waals surface area (Å²) < 4.78 is 0. The van der Waals surface area contributed by atoms with E-state index in [-0.39, 0.29) is 0 Å². The van der Waals surface area contributed by atoms with Crippen molar-refractivity contribution < 1.29 is 0 Å². The van der Waals surface area contributed by atoms with Gasteiger partial charge in [-0.3, -0.25) is 0 Å². The second kappa shape index (κ2) is 7.47. The van der Waals surface area contributed by atoms with E-state index >= 15 is 0 Å². The highest BCUT2D eigenvalue weighted by atomic mass is 15.1. The van der Waals surface area contributed by atoms with Gasteiger partial charge in [-0.2, -0.15) is 10.2 Å². The van der Waals surface area contributed by atoms with Crippen LogP contribution in [0.4, 0.5) is 5.69 Å². The van der Waals surface area contributed by atoms with Crippen LogP contribution < -0.4 is 0 Å². The molecule has 0 unspecified atom stereocenters. The van der Waals surface area contributed by atoms with Gasteiger partial charge in [0, 0.05) is 7.05 Å². The van der Waals surface area contributed by atoms with Crippen molar-refractivity contribution in [3.8, 4) is 0 Å². The Bertz CT molecular complexity index is 254. The Morgan fingerprint density at radius 1 is 1.15 bits per heavy atom. The van der Waals surface area contributed by atoms with Crippen LogP contribution in [0.2, 0.25) is 0 Å². The Morgan fingerprint density at radius 3 is 2.31 bits per heavy atom. The molecule has 0 saturated heterocycles. The van der Waals surface area contributed by atoms with Crippen LogP contribution in [0.5, 0.6) is 0 Å². The smallest absolute Gasteiger partial charge is 0.0884 e. The topological polar surface area (TPSA) is 24.7 Å². The first-order valence-corrected chi connectivity index (χ1v) is 4.76. The van der Waals surface area contributed by atoms with Gasteiger partial charge in [0.25, 0.3) is 0 Å². The minimum atomic E-state index is 0.984. The van der Waals surface area contributed by atoms with Crippen LogP contribution in [0.25, 0.3) is 0 Å². The van der Waals surface area contributed by atoms with E-state index < -0.39 is 0 Å². The van der Waals surface area contributed by atoms with Crippen molar-refractivity contribution in [2.75, 3.05) is 7.05 Å². The average molecular weight is 178 g/mol. The molecule has 1 aromatic carbocycles. The van der Waals surface area contributed by atoms with E-state index in [1.807, 2.05) is 32.0 Å². The SMILES string of the molecule is CC.CCc1ccccc1N=NC. The van der Waals surface area contributed by atoms with Crippen molar-refractivity contribution >= 4 is 5.69 Å². The fourth-order valence-electron chi connectivity index (χ4n) is 1.02. The van der Waals surface area contributed by atoms with Crippen LogP contribution in [0.15, 0.2) is 34.5 Å². The molecule has 0 fully saturated rings. The molecule has 2 nitrogen and oxygen atoms in total. The van der Waals surface area contributed by atoms with Crippen LogP contribution in [-0.2, 0) is 6.42 Å². The van der Waals surface area contributed by atoms with Crippen molar-refractivity contribution in [2.24, 2.45) is 10.2 Å².